The predicted octanol–water partition coefficient (Wildman–Crippen LogP) is 1.83. The van der Waals surface area contributed by atoms with Gasteiger partial charge >= 0.3 is 5.97 Å². The van der Waals surface area contributed by atoms with Gasteiger partial charge in [0.1, 0.15) is 0 Å². The zero-order chi connectivity index (χ0) is 13.5. The number of ether oxygens (including phenoxy) is 2. The van der Waals surface area contributed by atoms with E-state index in [0.717, 1.165) is 11.1 Å². The molecule has 0 amide bonds. The Morgan fingerprint density at radius 1 is 1.39 bits per heavy atom. The maximum atomic E-state index is 11.2. The zero-order valence-corrected chi connectivity index (χ0v) is 10.7. The van der Waals surface area contributed by atoms with Crippen molar-refractivity contribution in [1.82, 2.24) is 0 Å². The number of carboxylic acids is 1. The SMILES string of the molecule is Cc1cc2c(cc1C(N)C(C)(C)C(=O)O)OCO2. The Kier molecular flexibility index (Phi) is 2.94. The van der Waals surface area contributed by atoms with Crippen molar-refractivity contribution in [3.05, 3.63) is 23.3 Å². The molecule has 1 unspecified atom stereocenters. The van der Waals surface area contributed by atoms with Gasteiger partial charge in [0.2, 0.25) is 6.79 Å². The number of benzene rings is 1. The molecular formula is C13H17NO4. The molecule has 2 rings (SSSR count). The van der Waals surface area contributed by atoms with Crippen molar-refractivity contribution in [3.63, 3.8) is 0 Å². The Balaban J connectivity index is 2.43. The van der Waals surface area contributed by atoms with Gasteiger partial charge in [-0.25, -0.2) is 0 Å². The highest BCUT2D eigenvalue weighted by Gasteiger charge is 2.36. The lowest BCUT2D eigenvalue weighted by Gasteiger charge is -2.28. The molecule has 5 heteroatoms. The Hall–Kier alpha value is -1.75. The topological polar surface area (TPSA) is 81.8 Å². The van der Waals surface area contributed by atoms with E-state index >= 15 is 0 Å². The van der Waals surface area contributed by atoms with E-state index in [1.54, 1.807) is 19.9 Å². The molecule has 1 heterocycles. The fraction of sp³-hybridized carbons (Fsp3) is 0.462. The van der Waals surface area contributed by atoms with Crippen LogP contribution in [0.15, 0.2) is 12.1 Å². The molecule has 98 valence electrons. The number of carbonyl (C=O) groups is 1. The monoisotopic (exact) mass is 251 g/mol. The number of hydrogen-bond acceptors (Lipinski definition) is 4. The van der Waals surface area contributed by atoms with Gasteiger partial charge in [0.15, 0.2) is 11.5 Å². The first-order chi connectivity index (χ1) is 8.34. The zero-order valence-electron chi connectivity index (χ0n) is 10.7. The first-order valence-corrected chi connectivity index (χ1v) is 5.73. The van der Waals surface area contributed by atoms with E-state index in [1.807, 2.05) is 13.0 Å². The van der Waals surface area contributed by atoms with Crippen LogP contribution >= 0.6 is 0 Å². The van der Waals surface area contributed by atoms with E-state index in [0.29, 0.717) is 11.5 Å². The fourth-order valence-electron chi connectivity index (χ4n) is 1.92. The van der Waals surface area contributed by atoms with Crippen LogP contribution in [-0.2, 0) is 4.79 Å². The minimum absolute atomic E-state index is 0.190. The third-order valence-electron chi connectivity index (χ3n) is 3.43. The normalized spacial score (nSPS) is 15.6. The molecule has 0 radical (unpaired) electrons. The van der Waals surface area contributed by atoms with E-state index in [-0.39, 0.29) is 6.79 Å². The first kappa shape index (κ1) is 12.7. The summed E-state index contributed by atoms with van der Waals surface area (Å²) in [5.74, 6) is 0.371. The molecule has 1 aromatic rings. The quantitative estimate of drug-likeness (QED) is 0.856. The summed E-state index contributed by atoms with van der Waals surface area (Å²) in [5, 5.41) is 9.22. The van der Waals surface area contributed by atoms with Gasteiger partial charge < -0.3 is 20.3 Å². The Bertz CT molecular complexity index is 496. The number of aryl methyl sites for hydroxylation is 1. The van der Waals surface area contributed by atoms with E-state index in [2.05, 4.69) is 0 Å². The van der Waals surface area contributed by atoms with Crippen molar-refractivity contribution in [2.24, 2.45) is 11.1 Å². The molecule has 0 aliphatic carbocycles. The second-order valence-electron chi connectivity index (χ2n) is 5.07. The molecule has 0 aromatic heterocycles. The minimum atomic E-state index is -1.04. The second-order valence-corrected chi connectivity index (χ2v) is 5.07. The summed E-state index contributed by atoms with van der Waals surface area (Å²) < 4.78 is 10.6. The van der Waals surface area contributed by atoms with Crippen LogP contribution in [0.4, 0.5) is 0 Å². The first-order valence-electron chi connectivity index (χ1n) is 5.73. The van der Waals surface area contributed by atoms with E-state index in [9.17, 15) is 9.90 Å². The summed E-state index contributed by atoms with van der Waals surface area (Å²) in [4.78, 5) is 11.2. The highest BCUT2D eigenvalue weighted by Crippen LogP contribution is 2.40. The maximum Gasteiger partial charge on any atom is 0.311 e. The molecule has 1 aliphatic heterocycles. The van der Waals surface area contributed by atoms with Gasteiger partial charge in [0.25, 0.3) is 0 Å². The highest BCUT2D eigenvalue weighted by molar-refractivity contribution is 5.75. The smallest absolute Gasteiger partial charge is 0.311 e. The number of carboxylic acid groups (broad SMARTS) is 1. The van der Waals surface area contributed by atoms with Gasteiger partial charge in [-0.05, 0) is 44.0 Å². The lowest BCUT2D eigenvalue weighted by Crippen LogP contribution is -2.36. The summed E-state index contributed by atoms with van der Waals surface area (Å²) >= 11 is 0. The number of nitrogens with two attached hydrogens (primary N) is 1. The van der Waals surface area contributed by atoms with Crippen LogP contribution < -0.4 is 15.2 Å². The lowest BCUT2D eigenvalue weighted by molar-refractivity contribution is -0.148. The summed E-state index contributed by atoms with van der Waals surface area (Å²) in [6, 6.07) is 2.99. The molecule has 3 N–H and O–H groups in total. The number of fused-ring (bicyclic) bond motifs is 1. The summed E-state index contributed by atoms with van der Waals surface area (Å²) in [6.45, 7) is 5.30. The van der Waals surface area contributed by atoms with Gasteiger partial charge in [-0.2, -0.15) is 0 Å². The molecule has 18 heavy (non-hydrogen) atoms. The standard InChI is InChI=1S/C13H17NO4/c1-7-4-9-10(18-6-17-9)5-8(7)11(14)13(2,3)12(15)16/h4-5,11H,6,14H2,1-3H3,(H,15,16). The van der Waals surface area contributed by atoms with Crippen molar-refractivity contribution in [3.8, 4) is 11.5 Å². The van der Waals surface area contributed by atoms with Crippen molar-refractivity contribution in [2.45, 2.75) is 26.8 Å². The summed E-state index contributed by atoms with van der Waals surface area (Å²) in [5.41, 5.74) is 6.72. The third-order valence-corrected chi connectivity index (χ3v) is 3.43. The molecule has 5 nitrogen and oxygen atoms in total. The van der Waals surface area contributed by atoms with Crippen LogP contribution in [0.5, 0.6) is 11.5 Å². The second kappa shape index (κ2) is 4.17. The molecule has 0 fully saturated rings. The molecule has 0 bridgehead atoms. The van der Waals surface area contributed by atoms with Crippen LogP contribution in [0.25, 0.3) is 0 Å². The van der Waals surface area contributed by atoms with Gasteiger partial charge in [-0.15, -0.1) is 0 Å². The lowest BCUT2D eigenvalue weighted by atomic mass is 9.79. The van der Waals surface area contributed by atoms with Crippen molar-refractivity contribution in [1.29, 1.82) is 0 Å². The number of rotatable bonds is 3. The molecular weight excluding hydrogens is 234 g/mol. The third kappa shape index (κ3) is 1.90. The van der Waals surface area contributed by atoms with Gasteiger partial charge in [-0.3, -0.25) is 4.79 Å². The Morgan fingerprint density at radius 2 is 1.94 bits per heavy atom. The van der Waals surface area contributed by atoms with Crippen molar-refractivity contribution in [2.75, 3.05) is 6.79 Å². The highest BCUT2D eigenvalue weighted by atomic mass is 16.7. The Morgan fingerprint density at radius 3 is 2.50 bits per heavy atom. The molecule has 0 saturated carbocycles. The number of hydrogen-bond donors (Lipinski definition) is 2. The molecule has 1 aromatic carbocycles. The summed E-state index contributed by atoms with van der Waals surface area (Å²) in [7, 11) is 0. The number of aliphatic carboxylic acids is 1. The predicted molar refractivity (Wildman–Crippen MR) is 65.6 cm³/mol. The van der Waals surface area contributed by atoms with E-state index in [1.165, 1.54) is 0 Å². The fourth-order valence-corrected chi connectivity index (χ4v) is 1.92. The van der Waals surface area contributed by atoms with Crippen LogP contribution in [0, 0.1) is 12.3 Å². The van der Waals surface area contributed by atoms with Crippen molar-refractivity contribution < 1.29 is 19.4 Å². The van der Waals surface area contributed by atoms with E-state index < -0.39 is 17.4 Å². The van der Waals surface area contributed by atoms with Gasteiger partial charge in [0, 0.05) is 6.04 Å². The largest absolute Gasteiger partial charge is 0.481 e. The minimum Gasteiger partial charge on any atom is -0.481 e. The van der Waals surface area contributed by atoms with E-state index in [4.69, 9.17) is 15.2 Å². The molecule has 0 spiro atoms. The van der Waals surface area contributed by atoms with Crippen LogP contribution in [0.3, 0.4) is 0 Å². The van der Waals surface area contributed by atoms with Crippen LogP contribution in [0.1, 0.15) is 31.0 Å². The van der Waals surface area contributed by atoms with Crippen molar-refractivity contribution >= 4 is 5.97 Å². The van der Waals surface area contributed by atoms with Crippen LogP contribution in [-0.4, -0.2) is 17.9 Å². The Labute approximate surface area is 106 Å². The molecule has 1 aliphatic rings. The van der Waals surface area contributed by atoms with Gasteiger partial charge in [0.05, 0.1) is 5.41 Å². The van der Waals surface area contributed by atoms with Crippen LogP contribution in [0.2, 0.25) is 0 Å². The average Bonchev–Trinajstić information content (AvgIpc) is 2.73. The molecule has 1 atom stereocenters. The average molecular weight is 251 g/mol. The van der Waals surface area contributed by atoms with Gasteiger partial charge in [-0.1, -0.05) is 0 Å². The molecule has 0 saturated heterocycles. The summed E-state index contributed by atoms with van der Waals surface area (Å²) in [6.07, 6.45) is 0. The maximum absolute atomic E-state index is 11.2.